The minimum Gasteiger partial charge on any atom is -0.454 e. The maximum absolute atomic E-state index is 6.91. The molecule has 0 atom stereocenters. The molecule has 0 unspecified atom stereocenters. The van der Waals surface area contributed by atoms with Crippen molar-refractivity contribution in [3.63, 3.8) is 0 Å². The summed E-state index contributed by atoms with van der Waals surface area (Å²) in [7, 11) is 0. The lowest BCUT2D eigenvalue weighted by atomic mass is 10.0. The number of benzene rings is 8. The Balaban J connectivity index is 1.11. The summed E-state index contributed by atoms with van der Waals surface area (Å²) in [5.74, 6) is 1.81. The van der Waals surface area contributed by atoms with E-state index in [9.17, 15) is 0 Å². The number of hydrogen-bond acceptors (Lipinski definition) is 4. The molecule has 5 nitrogen and oxygen atoms in total. The molecule has 0 radical (unpaired) electrons. The molecule has 0 aliphatic heterocycles. The van der Waals surface area contributed by atoms with E-state index in [2.05, 4.69) is 144 Å². The van der Waals surface area contributed by atoms with Gasteiger partial charge in [-0.05, 0) is 52.6 Å². The number of hydrogen-bond donors (Lipinski definition) is 0. The van der Waals surface area contributed by atoms with E-state index in [1.807, 2.05) is 54.6 Å². The zero-order valence-electron chi connectivity index (χ0n) is 30.2. The maximum atomic E-state index is 6.91. The van der Waals surface area contributed by atoms with Gasteiger partial charge in [-0.2, -0.15) is 0 Å². The first-order valence-corrected chi connectivity index (χ1v) is 18.8. The van der Waals surface area contributed by atoms with Gasteiger partial charge < -0.3 is 8.98 Å². The highest BCUT2D eigenvalue weighted by Gasteiger charge is 2.22. The fourth-order valence-electron chi connectivity index (χ4n) is 8.00. The van der Waals surface area contributed by atoms with Crippen molar-refractivity contribution < 1.29 is 4.42 Å². The van der Waals surface area contributed by atoms with Gasteiger partial charge in [-0.25, -0.2) is 15.0 Å². The van der Waals surface area contributed by atoms with Gasteiger partial charge in [-0.3, -0.25) is 0 Å². The SMILES string of the molecule is c1ccc(-c2ccc(-c3nc(-c4ccccc4)nc(-c4cccc5oc6c(ccc7c8ccccc8n(-c8ccc(-c9ccccc9)cc8)c76)c45)n3)cc2)cc1. The van der Waals surface area contributed by atoms with Crippen LogP contribution in [-0.2, 0) is 0 Å². The Hall–Kier alpha value is -7.63. The molecule has 262 valence electrons. The number of para-hydroxylation sites is 1. The lowest BCUT2D eigenvalue weighted by molar-refractivity contribution is 0.671. The minimum atomic E-state index is 0.589. The summed E-state index contributed by atoms with van der Waals surface area (Å²) < 4.78 is 9.24. The molecule has 0 saturated carbocycles. The highest BCUT2D eigenvalue weighted by atomic mass is 16.3. The fourth-order valence-corrected chi connectivity index (χ4v) is 8.00. The maximum Gasteiger partial charge on any atom is 0.164 e. The van der Waals surface area contributed by atoms with Crippen molar-refractivity contribution >= 4 is 43.7 Å². The molecule has 56 heavy (non-hydrogen) atoms. The Morgan fingerprint density at radius 1 is 0.357 bits per heavy atom. The molecular weight excluding hydrogens is 685 g/mol. The topological polar surface area (TPSA) is 56.7 Å². The normalized spacial score (nSPS) is 11.6. The smallest absolute Gasteiger partial charge is 0.164 e. The zero-order valence-corrected chi connectivity index (χ0v) is 30.2. The minimum absolute atomic E-state index is 0.589. The first-order chi connectivity index (χ1) is 27.8. The average Bonchev–Trinajstić information content (AvgIpc) is 3.84. The second-order valence-corrected chi connectivity index (χ2v) is 14.0. The average molecular weight is 717 g/mol. The van der Waals surface area contributed by atoms with E-state index < -0.39 is 0 Å². The molecular formula is C51H32N4O. The molecule has 0 N–H and O–H groups in total. The molecule has 3 aromatic heterocycles. The highest BCUT2D eigenvalue weighted by molar-refractivity contribution is 6.23. The van der Waals surface area contributed by atoms with Gasteiger partial charge in [0.25, 0.3) is 0 Å². The molecule has 5 heteroatoms. The van der Waals surface area contributed by atoms with E-state index in [0.717, 1.165) is 71.9 Å². The van der Waals surface area contributed by atoms with Crippen LogP contribution in [0.5, 0.6) is 0 Å². The van der Waals surface area contributed by atoms with E-state index in [4.69, 9.17) is 19.4 Å². The Morgan fingerprint density at radius 2 is 0.857 bits per heavy atom. The molecule has 0 spiro atoms. The fraction of sp³-hybridized carbons (Fsp3) is 0. The van der Waals surface area contributed by atoms with Gasteiger partial charge in [-0.15, -0.1) is 0 Å². The second kappa shape index (κ2) is 13.0. The molecule has 0 saturated heterocycles. The zero-order chi connectivity index (χ0) is 37.0. The van der Waals surface area contributed by atoms with Crippen molar-refractivity contribution in [1.29, 1.82) is 0 Å². The third-order valence-corrected chi connectivity index (χ3v) is 10.7. The van der Waals surface area contributed by atoms with Gasteiger partial charge in [0.15, 0.2) is 23.1 Å². The van der Waals surface area contributed by atoms with E-state index in [-0.39, 0.29) is 0 Å². The Bertz CT molecular complexity index is 3200. The van der Waals surface area contributed by atoms with Crippen molar-refractivity contribution in [2.24, 2.45) is 0 Å². The largest absolute Gasteiger partial charge is 0.454 e. The van der Waals surface area contributed by atoms with Gasteiger partial charge >= 0.3 is 0 Å². The van der Waals surface area contributed by atoms with Crippen LogP contribution in [-0.4, -0.2) is 19.5 Å². The second-order valence-electron chi connectivity index (χ2n) is 14.0. The lowest BCUT2D eigenvalue weighted by Crippen LogP contribution is -2.00. The molecule has 0 aliphatic carbocycles. The first-order valence-electron chi connectivity index (χ1n) is 18.8. The van der Waals surface area contributed by atoms with Crippen LogP contribution in [0.25, 0.3) is 106 Å². The van der Waals surface area contributed by atoms with Crippen LogP contribution >= 0.6 is 0 Å². The molecule has 3 heterocycles. The standard InChI is InChI=1S/C51H32N4O/c1-4-13-33(14-5-1)35-23-25-38(26-24-35)50-52-49(37-17-8-3-9-18-37)53-51(54-50)43-20-12-22-45-46(43)42-32-31-41-40-19-10-11-21-44(40)55(47(41)48(42)56-45)39-29-27-36(28-30-39)34-15-6-2-7-16-34/h1-32H. The van der Waals surface area contributed by atoms with Crippen LogP contribution in [0, 0.1) is 0 Å². The number of nitrogens with zero attached hydrogens (tertiary/aromatic N) is 4. The van der Waals surface area contributed by atoms with Crippen molar-refractivity contribution in [3.8, 4) is 62.1 Å². The quantitative estimate of drug-likeness (QED) is 0.172. The molecule has 11 aromatic rings. The predicted octanol–water partition coefficient (Wildman–Crippen LogP) is 13.2. The van der Waals surface area contributed by atoms with Crippen LogP contribution in [0.15, 0.2) is 199 Å². The molecule has 11 rings (SSSR count). The molecule has 0 aliphatic rings. The van der Waals surface area contributed by atoms with Gasteiger partial charge in [0.2, 0.25) is 0 Å². The predicted molar refractivity (Wildman–Crippen MR) is 229 cm³/mol. The van der Waals surface area contributed by atoms with Crippen molar-refractivity contribution in [3.05, 3.63) is 194 Å². The molecule has 8 aromatic carbocycles. The van der Waals surface area contributed by atoms with Crippen LogP contribution in [0.2, 0.25) is 0 Å². The Labute approximate surface area is 322 Å². The van der Waals surface area contributed by atoms with E-state index >= 15 is 0 Å². The number of fused-ring (bicyclic) bond motifs is 7. The third kappa shape index (κ3) is 5.29. The molecule has 0 bridgehead atoms. The Morgan fingerprint density at radius 3 is 1.52 bits per heavy atom. The van der Waals surface area contributed by atoms with Crippen molar-refractivity contribution in [2.45, 2.75) is 0 Å². The van der Waals surface area contributed by atoms with Crippen LogP contribution < -0.4 is 0 Å². The van der Waals surface area contributed by atoms with Gasteiger partial charge in [-0.1, -0.05) is 164 Å². The number of rotatable bonds is 6. The van der Waals surface area contributed by atoms with Crippen LogP contribution in [0.1, 0.15) is 0 Å². The summed E-state index contributed by atoms with van der Waals surface area (Å²) in [5.41, 5.74) is 12.2. The van der Waals surface area contributed by atoms with Gasteiger partial charge in [0.1, 0.15) is 5.58 Å². The first kappa shape index (κ1) is 31.9. The monoisotopic (exact) mass is 716 g/mol. The summed E-state index contributed by atoms with van der Waals surface area (Å²) in [6.45, 7) is 0. The van der Waals surface area contributed by atoms with Crippen LogP contribution in [0.3, 0.4) is 0 Å². The summed E-state index contributed by atoms with van der Waals surface area (Å²) >= 11 is 0. The third-order valence-electron chi connectivity index (χ3n) is 10.7. The summed E-state index contributed by atoms with van der Waals surface area (Å²) in [6, 6.07) is 67.3. The van der Waals surface area contributed by atoms with E-state index in [1.54, 1.807) is 0 Å². The highest BCUT2D eigenvalue weighted by Crippen LogP contribution is 2.43. The van der Waals surface area contributed by atoms with Crippen molar-refractivity contribution in [1.82, 2.24) is 19.5 Å². The summed E-state index contributed by atoms with van der Waals surface area (Å²) in [5, 5.41) is 4.28. The number of furan rings is 1. The van der Waals surface area contributed by atoms with E-state index in [1.165, 1.54) is 16.5 Å². The molecule has 0 fully saturated rings. The van der Waals surface area contributed by atoms with Crippen molar-refractivity contribution in [2.75, 3.05) is 0 Å². The molecule has 0 amide bonds. The Kier molecular flexibility index (Phi) is 7.42. The van der Waals surface area contributed by atoms with Crippen LogP contribution in [0.4, 0.5) is 0 Å². The van der Waals surface area contributed by atoms with Gasteiger partial charge in [0, 0.05) is 43.9 Å². The summed E-state index contributed by atoms with van der Waals surface area (Å²) in [4.78, 5) is 15.3. The van der Waals surface area contributed by atoms with E-state index in [0.29, 0.717) is 17.5 Å². The summed E-state index contributed by atoms with van der Waals surface area (Å²) in [6.07, 6.45) is 0. The van der Waals surface area contributed by atoms with Gasteiger partial charge in [0.05, 0.1) is 11.0 Å². The lowest BCUT2D eigenvalue weighted by Gasteiger charge is -2.10. The number of aromatic nitrogens is 4.